The van der Waals surface area contributed by atoms with Crippen LogP contribution in [-0.4, -0.2) is 126 Å². The summed E-state index contributed by atoms with van der Waals surface area (Å²) in [6, 6.07) is 9.87. The van der Waals surface area contributed by atoms with Crippen molar-refractivity contribution in [1.82, 2.24) is 30.6 Å². The third kappa shape index (κ3) is 13.2. The summed E-state index contributed by atoms with van der Waals surface area (Å²) in [4.78, 5) is 105. The molecule has 2 aromatic heterocycles. The normalized spacial score (nSPS) is 15.4. The number of hydrogen-bond donors (Lipinski definition) is 16. The molecule has 2 aliphatic rings. The number of aromatic nitrogens is 4. The lowest BCUT2D eigenvalue weighted by Crippen LogP contribution is -2.41. The Hall–Kier alpha value is -8.58. The molecule has 64 heavy (non-hydrogen) atoms. The summed E-state index contributed by atoms with van der Waals surface area (Å²) in [6.45, 7) is 1.92. The topological polar surface area (TPSA) is 423 Å². The molecule has 0 spiro atoms. The number of nitrogens with two attached hydrogens (primary N) is 2. The standard InChI is InChI=1S/2C19H23N7O6/c2*20-19-25-15-14(17(30)26-19)23-11(8-22-15)7-21-10-3-1-9(2-4-10)16(29)24-12(18(31)32)5-6-13(27)28/h2*1-4,11-12,21,23H,5-8H2,(H,24,29)(H,27,28)(H,31,32)(H4,20,22,25,26,30)/t2*11-,12+/m11/s1. The van der Waals surface area contributed by atoms with E-state index in [2.05, 4.69) is 62.5 Å². The Labute approximate surface area is 361 Å². The van der Waals surface area contributed by atoms with E-state index in [1.165, 1.54) is 24.3 Å². The molecule has 6 rings (SSSR count). The largest absolute Gasteiger partial charge is 0.481 e. The maximum absolute atomic E-state index is 12.3. The molecule has 2 aliphatic heterocycles. The second-order valence-electron chi connectivity index (χ2n) is 14.3. The fraction of sp³-hybridized carbons (Fsp3) is 0.316. The first kappa shape index (κ1) is 46.5. The van der Waals surface area contributed by atoms with Crippen LogP contribution < -0.4 is 65.1 Å². The molecular weight excluding hydrogens is 845 g/mol. The van der Waals surface area contributed by atoms with Crippen LogP contribution >= 0.6 is 0 Å². The Morgan fingerprint density at radius 2 is 0.969 bits per heavy atom. The zero-order chi connectivity index (χ0) is 46.5. The van der Waals surface area contributed by atoms with Crippen LogP contribution in [0.5, 0.6) is 0 Å². The lowest BCUT2D eigenvalue weighted by Gasteiger charge is -2.27. The van der Waals surface area contributed by atoms with Crippen molar-refractivity contribution < 1.29 is 49.2 Å². The molecule has 26 nitrogen and oxygen atoms in total. The first-order valence-electron chi connectivity index (χ1n) is 19.4. The zero-order valence-electron chi connectivity index (χ0n) is 33.7. The molecule has 340 valence electrons. The number of aromatic amines is 2. The van der Waals surface area contributed by atoms with Crippen LogP contribution in [0.1, 0.15) is 46.4 Å². The molecule has 18 N–H and O–H groups in total. The van der Waals surface area contributed by atoms with Gasteiger partial charge in [-0.3, -0.25) is 38.7 Å². The maximum atomic E-state index is 12.3. The van der Waals surface area contributed by atoms with E-state index in [1.54, 1.807) is 24.3 Å². The van der Waals surface area contributed by atoms with Gasteiger partial charge in [-0.1, -0.05) is 0 Å². The van der Waals surface area contributed by atoms with E-state index in [0.29, 0.717) is 60.6 Å². The Bertz CT molecular complexity index is 2310. The van der Waals surface area contributed by atoms with E-state index in [0.717, 1.165) is 0 Å². The molecule has 0 saturated heterocycles. The van der Waals surface area contributed by atoms with Gasteiger partial charge < -0.3 is 74.4 Å². The van der Waals surface area contributed by atoms with Gasteiger partial charge in [-0.15, -0.1) is 0 Å². The second kappa shape index (κ2) is 21.3. The van der Waals surface area contributed by atoms with Gasteiger partial charge in [0.05, 0.1) is 12.1 Å². The number of nitrogens with one attached hydrogen (secondary N) is 10. The number of benzene rings is 2. The molecule has 4 heterocycles. The van der Waals surface area contributed by atoms with E-state index in [-0.39, 0.29) is 71.9 Å². The van der Waals surface area contributed by atoms with Gasteiger partial charge in [0.2, 0.25) is 11.9 Å². The number of nitrogens with zero attached hydrogens (tertiary/aromatic N) is 2. The molecule has 4 aromatic rings. The summed E-state index contributed by atoms with van der Waals surface area (Å²) in [5.41, 5.74) is 12.8. The average molecular weight is 891 g/mol. The number of carboxylic acid groups (broad SMARTS) is 4. The van der Waals surface area contributed by atoms with Gasteiger partial charge in [-0.25, -0.2) is 9.59 Å². The van der Waals surface area contributed by atoms with Gasteiger partial charge in [-0.2, -0.15) is 9.97 Å². The van der Waals surface area contributed by atoms with E-state index >= 15 is 0 Å². The number of amides is 2. The van der Waals surface area contributed by atoms with Crippen LogP contribution in [-0.2, 0) is 19.2 Å². The summed E-state index contributed by atoms with van der Waals surface area (Å²) < 4.78 is 0. The highest BCUT2D eigenvalue weighted by molar-refractivity contribution is 5.97. The summed E-state index contributed by atoms with van der Waals surface area (Å²) in [6.07, 6.45) is -1.17. The molecule has 0 radical (unpaired) electrons. The number of nitrogen functional groups attached to an aromatic ring is 2. The summed E-state index contributed by atoms with van der Waals surface area (Å²) in [5, 5.41) is 59.0. The van der Waals surface area contributed by atoms with Crippen molar-refractivity contribution in [2.75, 3.05) is 69.5 Å². The minimum absolute atomic E-state index is 0.0281. The van der Waals surface area contributed by atoms with Gasteiger partial charge in [0.25, 0.3) is 22.9 Å². The molecule has 4 atom stereocenters. The highest BCUT2D eigenvalue weighted by Gasteiger charge is 2.25. The SMILES string of the molecule is Nc1nc2c(c(=O)[nH]1)N[C@H](CNc1ccc(C(=O)N[C@@H](CCC(=O)O)C(=O)O)cc1)CN2.Nc1nc2c(c(=O)[nH]1)N[C@H](CNc1ccc(C(=O)N[C@@H](CCC(=O)O)C(=O)O)cc1)CN2. The predicted octanol–water partition coefficient (Wildman–Crippen LogP) is -0.564. The fourth-order valence-corrected chi connectivity index (χ4v) is 6.20. The first-order chi connectivity index (χ1) is 30.4. The van der Waals surface area contributed by atoms with Crippen molar-refractivity contribution in [3.8, 4) is 0 Å². The van der Waals surface area contributed by atoms with Crippen molar-refractivity contribution in [1.29, 1.82) is 0 Å². The molecule has 0 bridgehead atoms. The molecule has 0 unspecified atom stereocenters. The Balaban J connectivity index is 0.000000241. The summed E-state index contributed by atoms with van der Waals surface area (Å²) in [5.74, 6) is -5.28. The second-order valence-corrected chi connectivity index (χ2v) is 14.3. The molecular formula is C38H46N14O12. The lowest BCUT2D eigenvalue weighted by atomic mass is 10.1. The number of rotatable bonds is 18. The van der Waals surface area contributed by atoms with Gasteiger partial charge in [0.15, 0.2) is 11.6 Å². The van der Waals surface area contributed by atoms with Gasteiger partial charge in [-0.05, 0) is 61.4 Å². The quantitative estimate of drug-likeness (QED) is 0.0595. The molecule has 2 aromatic carbocycles. The van der Waals surface area contributed by atoms with Crippen molar-refractivity contribution in [2.24, 2.45) is 0 Å². The smallest absolute Gasteiger partial charge is 0.326 e. The Kier molecular flexibility index (Phi) is 15.5. The van der Waals surface area contributed by atoms with E-state index in [4.69, 9.17) is 31.9 Å². The first-order valence-corrected chi connectivity index (χ1v) is 19.4. The number of anilines is 8. The number of carbonyl (C=O) groups is 6. The Morgan fingerprint density at radius 3 is 1.30 bits per heavy atom. The van der Waals surface area contributed by atoms with Gasteiger partial charge in [0.1, 0.15) is 23.5 Å². The van der Waals surface area contributed by atoms with Crippen molar-refractivity contribution in [2.45, 2.75) is 49.9 Å². The number of hydrogen-bond acceptors (Lipinski definition) is 18. The van der Waals surface area contributed by atoms with E-state index in [9.17, 15) is 38.4 Å². The fourth-order valence-electron chi connectivity index (χ4n) is 6.20. The summed E-state index contributed by atoms with van der Waals surface area (Å²) in [7, 11) is 0. The predicted molar refractivity (Wildman–Crippen MR) is 232 cm³/mol. The van der Waals surface area contributed by atoms with Crippen LogP contribution in [0.3, 0.4) is 0 Å². The van der Waals surface area contributed by atoms with Crippen molar-refractivity contribution in [3.63, 3.8) is 0 Å². The van der Waals surface area contributed by atoms with Crippen LogP contribution in [0.2, 0.25) is 0 Å². The lowest BCUT2D eigenvalue weighted by molar-refractivity contribution is -0.142. The van der Waals surface area contributed by atoms with Crippen molar-refractivity contribution >= 4 is 82.0 Å². The van der Waals surface area contributed by atoms with Crippen LogP contribution in [0, 0.1) is 0 Å². The monoisotopic (exact) mass is 890 g/mol. The maximum Gasteiger partial charge on any atom is 0.326 e. The molecule has 2 amide bonds. The highest BCUT2D eigenvalue weighted by atomic mass is 16.4. The zero-order valence-corrected chi connectivity index (χ0v) is 33.7. The molecule has 0 saturated carbocycles. The number of carbonyl (C=O) groups excluding carboxylic acids is 2. The van der Waals surface area contributed by atoms with E-state index in [1.807, 2.05) is 0 Å². The van der Waals surface area contributed by atoms with Crippen molar-refractivity contribution in [3.05, 3.63) is 80.4 Å². The van der Waals surface area contributed by atoms with Crippen LogP contribution in [0.15, 0.2) is 58.1 Å². The van der Waals surface area contributed by atoms with Gasteiger partial charge in [0, 0.05) is 61.5 Å². The Morgan fingerprint density at radius 1 is 0.609 bits per heavy atom. The van der Waals surface area contributed by atoms with Crippen LogP contribution in [0.25, 0.3) is 0 Å². The molecule has 0 fully saturated rings. The van der Waals surface area contributed by atoms with Crippen LogP contribution in [0.4, 0.5) is 46.3 Å². The number of H-pyrrole nitrogens is 2. The van der Waals surface area contributed by atoms with E-state index < -0.39 is 47.8 Å². The average Bonchev–Trinajstić information content (AvgIpc) is 3.25. The minimum atomic E-state index is -1.30. The number of aliphatic carboxylic acids is 4. The molecule has 26 heteroatoms. The van der Waals surface area contributed by atoms with Gasteiger partial charge >= 0.3 is 23.9 Å². The number of fused-ring (bicyclic) bond motifs is 2. The minimum Gasteiger partial charge on any atom is -0.481 e. The third-order valence-corrected chi connectivity index (χ3v) is 9.50. The highest BCUT2D eigenvalue weighted by Crippen LogP contribution is 2.22. The molecule has 0 aliphatic carbocycles. The third-order valence-electron chi connectivity index (χ3n) is 9.50. The summed E-state index contributed by atoms with van der Waals surface area (Å²) >= 11 is 0. The number of carboxylic acids is 4.